The van der Waals surface area contributed by atoms with E-state index in [4.69, 9.17) is 0 Å². The number of benzene rings is 2. The van der Waals surface area contributed by atoms with E-state index in [-0.39, 0.29) is 23.7 Å². The smallest absolute Gasteiger partial charge is 0.315 e. The molecule has 4 rings (SSSR count). The molecule has 1 aromatic heterocycles. The Morgan fingerprint density at radius 2 is 1.57 bits per heavy atom. The molecule has 0 spiro atoms. The summed E-state index contributed by atoms with van der Waals surface area (Å²) >= 11 is 0. The van der Waals surface area contributed by atoms with Gasteiger partial charge in [-0.1, -0.05) is 18.2 Å². The fourth-order valence-electron chi connectivity index (χ4n) is 3.34. The van der Waals surface area contributed by atoms with Crippen LogP contribution in [0.15, 0.2) is 70.5 Å². The highest BCUT2D eigenvalue weighted by molar-refractivity contribution is 7.89. The van der Waals surface area contributed by atoms with E-state index in [1.54, 1.807) is 35.2 Å². The Balaban J connectivity index is 1.53. The second-order valence-corrected chi connectivity index (χ2v) is 8.71. The lowest BCUT2D eigenvalue weighted by Gasteiger charge is -2.35. The van der Waals surface area contributed by atoms with Crippen LogP contribution in [-0.2, 0) is 10.0 Å². The average Bonchev–Trinajstić information content (AvgIpc) is 2.77. The van der Waals surface area contributed by atoms with Crippen LogP contribution in [0.25, 0.3) is 5.69 Å². The first-order valence-corrected chi connectivity index (χ1v) is 10.7. The molecular weight excluding hydrogens is 411 g/mol. The molecule has 0 aliphatic carbocycles. The van der Waals surface area contributed by atoms with E-state index < -0.39 is 27.1 Å². The third-order valence-electron chi connectivity index (χ3n) is 4.96. The Kier molecular flexibility index (Phi) is 5.27. The Bertz CT molecular complexity index is 1210. The summed E-state index contributed by atoms with van der Waals surface area (Å²) in [6.07, 6.45) is 1.35. The molecule has 1 N–H and O–H groups in total. The molecule has 156 valence electrons. The fraction of sp³-hybridized carbons (Fsp3) is 0.200. The number of hydrogen-bond donors (Lipinski definition) is 1. The average molecular weight is 430 g/mol. The first-order chi connectivity index (χ1) is 14.4. The van der Waals surface area contributed by atoms with Crippen molar-refractivity contribution >= 4 is 15.7 Å². The van der Waals surface area contributed by atoms with Gasteiger partial charge in [0.05, 0.1) is 16.8 Å². The zero-order valence-corrected chi connectivity index (χ0v) is 16.7. The predicted octanol–water partition coefficient (Wildman–Crippen LogP) is 1.59. The second kappa shape index (κ2) is 7.88. The Morgan fingerprint density at radius 3 is 2.20 bits per heavy atom. The molecule has 0 amide bonds. The lowest BCUT2D eigenvalue weighted by atomic mass is 10.3. The second-order valence-electron chi connectivity index (χ2n) is 6.78. The lowest BCUT2D eigenvalue weighted by Crippen LogP contribution is -2.49. The van der Waals surface area contributed by atoms with Gasteiger partial charge < -0.3 is 10.0 Å². The maximum absolute atomic E-state index is 13.1. The van der Waals surface area contributed by atoms with Gasteiger partial charge in [-0.3, -0.25) is 4.79 Å². The number of aromatic nitrogens is 2. The maximum Gasteiger partial charge on any atom is 0.315 e. The molecule has 1 saturated heterocycles. The highest BCUT2D eigenvalue weighted by Crippen LogP contribution is 2.25. The normalized spacial score (nSPS) is 15.3. The molecule has 0 bridgehead atoms. The van der Waals surface area contributed by atoms with Crippen LogP contribution in [0, 0.1) is 5.82 Å². The number of hydrogen-bond acceptors (Lipinski definition) is 6. The number of halogens is 1. The van der Waals surface area contributed by atoms with Crippen LogP contribution < -0.4 is 10.5 Å². The van der Waals surface area contributed by atoms with Gasteiger partial charge in [-0.2, -0.15) is 14.1 Å². The third kappa shape index (κ3) is 3.66. The molecule has 2 heterocycles. The van der Waals surface area contributed by atoms with Crippen LogP contribution >= 0.6 is 0 Å². The summed E-state index contributed by atoms with van der Waals surface area (Å²) in [5.74, 6) is -0.940. The largest absolute Gasteiger partial charge is 0.501 e. The molecule has 30 heavy (non-hydrogen) atoms. The summed E-state index contributed by atoms with van der Waals surface area (Å²) in [4.78, 5) is 14.5. The van der Waals surface area contributed by atoms with Gasteiger partial charge in [-0.15, -0.1) is 0 Å². The first-order valence-electron chi connectivity index (χ1n) is 9.25. The molecular formula is C20H19FN4O4S. The minimum atomic E-state index is -3.60. The van der Waals surface area contributed by atoms with Crippen molar-refractivity contribution in [3.05, 3.63) is 77.0 Å². The molecule has 0 radical (unpaired) electrons. The van der Waals surface area contributed by atoms with Crippen LogP contribution in [0.4, 0.5) is 10.1 Å². The zero-order valence-electron chi connectivity index (χ0n) is 15.8. The van der Waals surface area contributed by atoms with Gasteiger partial charge in [-0.25, -0.2) is 12.8 Å². The summed E-state index contributed by atoms with van der Waals surface area (Å²) in [6.45, 7) is 0.998. The summed E-state index contributed by atoms with van der Waals surface area (Å²) in [6, 6.07) is 13.3. The van der Waals surface area contributed by atoms with Crippen molar-refractivity contribution in [2.45, 2.75) is 4.90 Å². The van der Waals surface area contributed by atoms with Crippen molar-refractivity contribution in [3.63, 3.8) is 0 Å². The number of anilines is 1. The Hall–Kier alpha value is -3.24. The van der Waals surface area contributed by atoms with Crippen LogP contribution in [0.3, 0.4) is 0 Å². The van der Waals surface area contributed by atoms with Gasteiger partial charge in [0.2, 0.25) is 15.8 Å². The quantitative estimate of drug-likeness (QED) is 0.675. The Morgan fingerprint density at radius 1 is 0.933 bits per heavy atom. The van der Waals surface area contributed by atoms with Crippen LogP contribution in [0.5, 0.6) is 5.75 Å². The van der Waals surface area contributed by atoms with Crippen LogP contribution in [-0.4, -0.2) is 53.8 Å². The predicted molar refractivity (Wildman–Crippen MR) is 109 cm³/mol. The van der Waals surface area contributed by atoms with Crippen LogP contribution in [0.1, 0.15) is 0 Å². The number of aromatic hydroxyl groups is 1. The monoisotopic (exact) mass is 430 g/mol. The minimum Gasteiger partial charge on any atom is -0.501 e. The van der Waals surface area contributed by atoms with Crippen LogP contribution in [0.2, 0.25) is 0 Å². The van der Waals surface area contributed by atoms with Gasteiger partial charge in [0.15, 0.2) is 0 Å². The Labute approximate surface area is 172 Å². The number of piperazine rings is 1. The number of nitrogens with zero attached hydrogens (tertiary/aromatic N) is 4. The molecule has 1 fully saturated rings. The van der Waals surface area contributed by atoms with Crippen molar-refractivity contribution in [1.29, 1.82) is 0 Å². The lowest BCUT2D eigenvalue weighted by molar-refractivity contribution is 0.381. The highest BCUT2D eigenvalue weighted by Gasteiger charge is 2.29. The summed E-state index contributed by atoms with van der Waals surface area (Å²) in [5, 5.41) is 14.5. The van der Waals surface area contributed by atoms with E-state index >= 15 is 0 Å². The van der Waals surface area contributed by atoms with Crippen molar-refractivity contribution < 1.29 is 17.9 Å². The molecule has 2 aromatic carbocycles. The minimum absolute atomic E-state index is 0.206. The van der Waals surface area contributed by atoms with Crippen molar-refractivity contribution in [2.75, 3.05) is 31.1 Å². The molecule has 1 aliphatic heterocycles. The van der Waals surface area contributed by atoms with Gasteiger partial charge in [0.25, 0.3) is 0 Å². The molecule has 1 aliphatic rings. The van der Waals surface area contributed by atoms with Gasteiger partial charge >= 0.3 is 5.56 Å². The van der Waals surface area contributed by atoms with E-state index in [1.807, 2.05) is 0 Å². The van der Waals surface area contributed by atoms with Crippen molar-refractivity contribution in [2.24, 2.45) is 0 Å². The standard InChI is InChI=1S/C20H19FN4O4S/c21-15-6-8-16(9-7-15)25-20(27)19(26)18(14-22-25)23-10-12-24(13-11-23)30(28,29)17-4-2-1-3-5-17/h1-9,14,26H,10-13H2. The first kappa shape index (κ1) is 20.0. The van der Waals surface area contributed by atoms with Gasteiger partial charge in [0.1, 0.15) is 11.5 Å². The highest BCUT2D eigenvalue weighted by atomic mass is 32.2. The summed E-state index contributed by atoms with van der Waals surface area (Å²) < 4.78 is 40.9. The van der Waals surface area contributed by atoms with Crippen molar-refractivity contribution in [3.8, 4) is 11.4 Å². The molecule has 0 atom stereocenters. The maximum atomic E-state index is 13.1. The molecule has 3 aromatic rings. The topological polar surface area (TPSA) is 95.7 Å². The van der Waals surface area contributed by atoms with E-state index in [0.717, 1.165) is 4.68 Å². The third-order valence-corrected chi connectivity index (χ3v) is 6.88. The molecule has 10 heteroatoms. The van der Waals surface area contributed by atoms with Crippen molar-refractivity contribution in [1.82, 2.24) is 14.1 Å². The number of rotatable bonds is 4. The van der Waals surface area contributed by atoms with E-state index in [0.29, 0.717) is 18.8 Å². The summed E-state index contributed by atoms with van der Waals surface area (Å²) in [7, 11) is -3.60. The van der Waals surface area contributed by atoms with E-state index in [9.17, 15) is 22.7 Å². The summed E-state index contributed by atoms with van der Waals surface area (Å²) in [5.41, 5.74) is -0.185. The fourth-order valence-corrected chi connectivity index (χ4v) is 4.79. The molecule has 0 saturated carbocycles. The van der Waals surface area contributed by atoms with Gasteiger partial charge in [-0.05, 0) is 36.4 Å². The van der Waals surface area contributed by atoms with E-state index in [2.05, 4.69) is 5.10 Å². The van der Waals surface area contributed by atoms with Gasteiger partial charge in [0, 0.05) is 26.2 Å². The van der Waals surface area contributed by atoms with E-state index in [1.165, 1.54) is 34.8 Å². The SMILES string of the molecule is O=c1c(O)c(N2CCN(S(=O)(=O)c3ccccc3)CC2)cnn1-c1ccc(F)cc1. The molecule has 0 unspecified atom stereocenters. The zero-order chi connectivity index (χ0) is 21.3. The number of sulfonamides is 1. The molecule has 8 nitrogen and oxygen atoms in total.